The quantitative estimate of drug-likeness (QED) is 0.576. The Bertz CT molecular complexity index is 1330. The van der Waals surface area contributed by atoms with Crippen LogP contribution in [0, 0.1) is 0 Å². The fourth-order valence-corrected chi connectivity index (χ4v) is 3.48. The molecule has 5 rings (SSSR count). The molecule has 3 aromatic heterocycles. The third-order valence-corrected chi connectivity index (χ3v) is 4.80. The maximum atomic E-state index is 12.6. The lowest BCUT2D eigenvalue weighted by Gasteiger charge is -2.19. The number of aromatic nitrogens is 4. The van der Waals surface area contributed by atoms with Crippen molar-refractivity contribution in [2.45, 2.75) is 6.54 Å². The van der Waals surface area contributed by atoms with Gasteiger partial charge in [-0.25, -0.2) is 9.78 Å². The number of nitrogens with one attached hydrogen (secondary N) is 1. The standard InChI is InChI=1S/C21H16N4O4/c26-20-18-15(14-2-1-6-22-11-14)5-7-23-19(18)25(21(27)24-20)12-13-3-4-16-17(10-13)29-9-8-28-16/h1-7,10-11H,8-9,12H2,(H,24,26,27). The first-order chi connectivity index (χ1) is 14.2. The van der Waals surface area contributed by atoms with Crippen molar-refractivity contribution in [3.05, 3.63) is 81.4 Å². The third-order valence-electron chi connectivity index (χ3n) is 4.80. The highest BCUT2D eigenvalue weighted by Crippen LogP contribution is 2.31. The molecule has 0 atom stereocenters. The van der Waals surface area contributed by atoms with Gasteiger partial charge in [0.05, 0.1) is 11.9 Å². The van der Waals surface area contributed by atoms with E-state index in [0.717, 1.165) is 11.1 Å². The smallest absolute Gasteiger partial charge is 0.330 e. The lowest BCUT2D eigenvalue weighted by Crippen LogP contribution is -2.31. The lowest BCUT2D eigenvalue weighted by atomic mass is 10.1. The first-order valence-electron chi connectivity index (χ1n) is 9.11. The Morgan fingerprint density at radius 2 is 1.90 bits per heavy atom. The number of ether oxygens (including phenoxy) is 2. The van der Waals surface area contributed by atoms with E-state index >= 15 is 0 Å². The summed E-state index contributed by atoms with van der Waals surface area (Å²) in [6.07, 6.45) is 4.92. The van der Waals surface area contributed by atoms with E-state index in [1.54, 1.807) is 30.7 Å². The van der Waals surface area contributed by atoms with Crippen LogP contribution in [-0.4, -0.2) is 32.7 Å². The summed E-state index contributed by atoms with van der Waals surface area (Å²) in [4.78, 5) is 36.1. The number of benzene rings is 1. The van der Waals surface area contributed by atoms with Gasteiger partial charge in [0.15, 0.2) is 11.5 Å². The second-order valence-corrected chi connectivity index (χ2v) is 6.62. The molecule has 0 unspecified atom stereocenters. The van der Waals surface area contributed by atoms with Gasteiger partial charge < -0.3 is 9.47 Å². The van der Waals surface area contributed by atoms with Gasteiger partial charge >= 0.3 is 5.69 Å². The van der Waals surface area contributed by atoms with Gasteiger partial charge in [-0.15, -0.1) is 0 Å². The van der Waals surface area contributed by atoms with Crippen LogP contribution in [0.4, 0.5) is 0 Å². The molecule has 8 heteroatoms. The predicted octanol–water partition coefficient (Wildman–Crippen LogP) is 1.97. The lowest BCUT2D eigenvalue weighted by molar-refractivity contribution is 0.171. The van der Waals surface area contributed by atoms with Gasteiger partial charge in [0.2, 0.25) is 0 Å². The van der Waals surface area contributed by atoms with Gasteiger partial charge in [-0.05, 0) is 29.8 Å². The number of fused-ring (bicyclic) bond motifs is 2. The number of aromatic amines is 1. The summed E-state index contributed by atoms with van der Waals surface area (Å²) in [7, 11) is 0. The molecule has 0 saturated carbocycles. The minimum absolute atomic E-state index is 0.228. The zero-order valence-corrected chi connectivity index (χ0v) is 15.3. The zero-order chi connectivity index (χ0) is 19.8. The summed E-state index contributed by atoms with van der Waals surface area (Å²) in [6.45, 7) is 1.22. The van der Waals surface area contributed by atoms with Crippen molar-refractivity contribution in [1.82, 2.24) is 19.5 Å². The minimum atomic E-state index is -0.520. The first-order valence-corrected chi connectivity index (χ1v) is 9.11. The van der Waals surface area contributed by atoms with E-state index in [1.807, 2.05) is 24.3 Å². The monoisotopic (exact) mass is 388 g/mol. The second kappa shape index (κ2) is 6.90. The summed E-state index contributed by atoms with van der Waals surface area (Å²) in [5.74, 6) is 1.31. The normalized spacial score (nSPS) is 12.8. The van der Waals surface area contributed by atoms with Gasteiger partial charge in [-0.2, -0.15) is 0 Å². The third kappa shape index (κ3) is 3.04. The van der Waals surface area contributed by atoms with Crippen LogP contribution < -0.4 is 20.7 Å². The highest BCUT2D eigenvalue weighted by atomic mass is 16.6. The molecule has 4 heterocycles. The molecule has 144 valence electrons. The Kier molecular flexibility index (Phi) is 4.09. The molecule has 1 N–H and O–H groups in total. The van der Waals surface area contributed by atoms with Crippen molar-refractivity contribution in [2.75, 3.05) is 13.2 Å². The summed E-state index contributed by atoms with van der Waals surface area (Å²) in [6, 6.07) is 10.9. The molecule has 0 aliphatic carbocycles. The molecular formula is C21H16N4O4. The molecule has 4 aromatic rings. The molecule has 0 bridgehead atoms. The van der Waals surface area contributed by atoms with E-state index < -0.39 is 11.2 Å². The minimum Gasteiger partial charge on any atom is -0.486 e. The Hall–Kier alpha value is -3.94. The maximum Gasteiger partial charge on any atom is 0.330 e. The SMILES string of the molecule is O=c1[nH]c(=O)n(Cc2ccc3c(c2)OCCO3)c2nccc(-c3cccnc3)c12. The zero-order valence-electron chi connectivity index (χ0n) is 15.3. The van der Waals surface area contributed by atoms with Crippen molar-refractivity contribution in [3.63, 3.8) is 0 Å². The van der Waals surface area contributed by atoms with Crippen LogP contribution in [0.1, 0.15) is 5.56 Å². The van der Waals surface area contributed by atoms with Gasteiger partial charge in [0, 0.05) is 29.7 Å². The van der Waals surface area contributed by atoms with Crippen LogP contribution in [0.15, 0.2) is 64.6 Å². The molecular weight excluding hydrogens is 372 g/mol. The Labute approximate surface area is 164 Å². The Morgan fingerprint density at radius 1 is 1.03 bits per heavy atom. The van der Waals surface area contributed by atoms with Gasteiger partial charge in [0.25, 0.3) is 5.56 Å². The number of H-pyrrole nitrogens is 1. The number of nitrogens with zero attached hydrogens (tertiary/aromatic N) is 3. The highest BCUT2D eigenvalue weighted by molar-refractivity contribution is 5.91. The molecule has 1 aliphatic heterocycles. The van der Waals surface area contributed by atoms with E-state index in [9.17, 15) is 9.59 Å². The maximum absolute atomic E-state index is 12.6. The molecule has 0 spiro atoms. The van der Waals surface area contributed by atoms with Crippen LogP contribution in [0.3, 0.4) is 0 Å². The number of hydrogen-bond acceptors (Lipinski definition) is 6. The van der Waals surface area contributed by atoms with E-state index in [4.69, 9.17) is 9.47 Å². The van der Waals surface area contributed by atoms with E-state index in [1.165, 1.54) is 4.57 Å². The summed E-state index contributed by atoms with van der Waals surface area (Å²) in [5.41, 5.74) is 1.59. The van der Waals surface area contributed by atoms with Crippen LogP contribution in [0.2, 0.25) is 0 Å². The predicted molar refractivity (Wildman–Crippen MR) is 106 cm³/mol. The number of pyridine rings is 2. The Morgan fingerprint density at radius 3 is 2.72 bits per heavy atom. The molecule has 29 heavy (non-hydrogen) atoms. The summed E-state index contributed by atoms with van der Waals surface area (Å²) in [5, 5.41) is 0.345. The topological polar surface area (TPSA) is 99.1 Å². The molecule has 0 radical (unpaired) electrons. The fourth-order valence-electron chi connectivity index (χ4n) is 3.48. The largest absolute Gasteiger partial charge is 0.486 e. The highest BCUT2D eigenvalue weighted by Gasteiger charge is 2.16. The van der Waals surface area contributed by atoms with Crippen molar-refractivity contribution in [1.29, 1.82) is 0 Å². The van der Waals surface area contributed by atoms with Crippen molar-refractivity contribution >= 4 is 11.0 Å². The van der Waals surface area contributed by atoms with Crippen molar-refractivity contribution < 1.29 is 9.47 Å². The molecule has 1 aliphatic rings. The second-order valence-electron chi connectivity index (χ2n) is 6.62. The molecule has 8 nitrogen and oxygen atoms in total. The van der Waals surface area contributed by atoms with Gasteiger partial charge in [0.1, 0.15) is 18.9 Å². The first kappa shape index (κ1) is 17.2. The van der Waals surface area contributed by atoms with E-state index in [2.05, 4.69) is 15.0 Å². The molecule has 0 saturated heterocycles. The molecule has 1 aromatic carbocycles. The van der Waals surface area contributed by atoms with Crippen molar-refractivity contribution in [3.8, 4) is 22.6 Å². The Balaban J connectivity index is 1.67. The molecule has 0 fully saturated rings. The van der Waals surface area contributed by atoms with Gasteiger partial charge in [-0.1, -0.05) is 12.1 Å². The average Bonchev–Trinajstić information content (AvgIpc) is 2.76. The van der Waals surface area contributed by atoms with E-state index in [-0.39, 0.29) is 6.54 Å². The van der Waals surface area contributed by atoms with Crippen molar-refractivity contribution in [2.24, 2.45) is 0 Å². The van der Waals surface area contributed by atoms with Crippen LogP contribution in [-0.2, 0) is 6.54 Å². The van der Waals surface area contributed by atoms with Crippen LogP contribution in [0.5, 0.6) is 11.5 Å². The molecule has 0 amide bonds. The number of hydrogen-bond donors (Lipinski definition) is 1. The van der Waals surface area contributed by atoms with Gasteiger partial charge in [-0.3, -0.25) is 19.3 Å². The fraction of sp³-hybridized carbons (Fsp3) is 0.143. The van der Waals surface area contributed by atoms with Crippen LogP contribution >= 0.6 is 0 Å². The average molecular weight is 388 g/mol. The van der Waals surface area contributed by atoms with E-state index in [0.29, 0.717) is 41.3 Å². The summed E-state index contributed by atoms with van der Waals surface area (Å²) < 4.78 is 12.6. The summed E-state index contributed by atoms with van der Waals surface area (Å²) >= 11 is 0. The number of rotatable bonds is 3. The van der Waals surface area contributed by atoms with Crippen LogP contribution in [0.25, 0.3) is 22.2 Å².